The van der Waals surface area contributed by atoms with Crippen LogP contribution in [0.25, 0.3) is 0 Å². The molecule has 0 atom stereocenters. The van der Waals surface area contributed by atoms with Crippen LogP contribution in [-0.4, -0.2) is 11.4 Å². The number of rotatable bonds is 1. The Hall–Kier alpha value is -0.000000000000000167. The van der Waals surface area contributed by atoms with Gasteiger partial charge in [-0.15, -0.1) is 0 Å². The van der Waals surface area contributed by atoms with Gasteiger partial charge in [-0.3, -0.25) is 5.32 Å². The summed E-state index contributed by atoms with van der Waals surface area (Å²) in [5.41, 5.74) is 0.304. The van der Waals surface area contributed by atoms with Gasteiger partial charge in [-0.2, -0.15) is 5.26 Å². The van der Waals surface area contributed by atoms with Crippen molar-refractivity contribution in [3.8, 4) is 6.19 Å². The molecule has 9 heteroatoms. The molecule has 0 saturated carbocycles. The minimum absolute atomic E-state index is 0.167. The average molecular weight is 436 g/mol. The fourth-order valence-electron chi connectivity index (χ4n) is 0.965. The summed E-state index contributed by atoms with van der Waals surface area (Å²) in [4.78, 5) is 4.15. The summed E-state index contributed by atoms with van der Waals surface area (Å²) in [6, 6.07) is 0. The second-order valence-corrected chi connectivity index (χ2v) is 5.91. The fourth-order valence-corrected chi connectivity index (χ4v) is 2.90. The summed E-state index contributed by atoms with van der Waals surface area (Å²) >= 11 is 19.0. The van der Waals surface area contributed by atoms with Crippen molar-refractivity contribution in [3.05, 3.63) is 24.8 Å². The number of hydrogen-bond donors (Lipinski definition) is 1. The summed E-state index contributed by atoms with van der Waals surface area (Å²) in [6.45, 7) is 0. The number of aliphatic imine (C=N–C) groups is 1. The van der Waals surface area contributed by atoms with Gasteiger partial charge in [0.15, 0.2) is 17.2 Å². The number of hydrogen-bond acceptors (Lipinski definition) is 3. The van der Waals surface area contributed by atoms with Gasteiger partial charge in [0.05, 0.1) is 24.7 Å². The van der Waals surface area contributed by atoms with Gasteiger partial charge in [0, 0.05) is 0 Å². The molecule has 0 heterocycles. The van der Waals surface area contributed by atoms with E-state index in [0.29, 0.717) is 10.9 Å². The largest absolute Gasteiger partial charge is 0.271 e. The molecule has 1 aromatic rings. The van der Waals surface area contributed by atoms with Crippen molar-refractivity contribution in [1.82, 2.24) is 5.32 Å². The molecule has 0 aliphatic rings. The molecule has 0 spiro atoms. The minimum atomic E-state index is -0.741. The molecule has 1 N–H and O–H groups in total. The van der Waals surface area contributed by atoms with Crippen LogP contribution in [-0.2, 0) is 0 Å². The molecule has 0 saturated heterocycles. The van der Waals surface area contributed by atoms with Crippen LogP contribution in [0.15, 0.2) is 13.9 Å². The smallest absolute Gasteiger partial charge is 0.183 e. The van der Waals surface area contributed by atoms with Crippen molar-refractivity contribution in [2.24, 2.45) is 4.99 Å². The lowest BCUT2D eigenvalue weighted by Crippen LogP contribution is -2.12. The molecule has 18 heavy (non-hydrogen) atoms. The number of nitriles is 1. The number of halogens is 5. The Morgan fingerprint density at radius 2 is 1.89 bits per heavy atom. The van der Waals surface area contributed by atoms with Gasteiger partial charge >= 0.3 is 0 Å². The molecule has 1 aromatic carbocycles. The van der Waals surface area contributed by atoms with Crippen LogP contribution >= 0.6 is 66.8 Å². The molecule has 0 bridgehead atoms. The van der Waals surface area contributed by atoms with Crippen molar-refractivity contribution in [2.45, 2.75) is 0 Å². The number of thioether (sulfide) groups is 1. The molecule has 0 aromatic heterocycles. The quantitative estimate of drug-likeness (QED) is 0.167. The zero-order valence-electron chi connectivity index (χ0n) is 8.69. The predicted octanol–water partition coefficient (Wildman–Crippen LogP) is 5.08. The van der Waals surface area contributed by atoms with E-state index in [1.165, 1.54) is 11.8 Å². The molecule has 0 fully saturated rings. The van der Waals surface area contributed by atoms with Crippen molar-refractivity contribution < 1.29 is 4.39 Å². The van der Waals surface area contributed by atoms with Gasteiger partial charge in [0.25, 0.3) is 0 Å². The third-order valence-electron chi connectivity index (χ3n) is 1.76. The summed E-state index contributed by atoms with van der Waals surface area (Å²) in [5.74, 6) is -0.741. The highest BCUT2D eigenvalue weighted by atomic mass is 79.9. The molecule has 0 aliphatic heterocycles. The van der Waals surface area contributed by atoms with Crippen LogP contribution in [0, 0.1) is 17.3 Å². The first kappa shape index (κ1) is 16.1. The van der Waals surface area contributed by atoms with Gasteiger partial charge in [-0.1, -0.05) is 35.0 Å². The summed E-state index contributed by atoms with van der Waals surface area (Å²) in [5, 5.41) is 10.9. The van der Waals surface area contributed by atoms with E-state index in [2.05, 4.69) is 42.2 Å². The van der Waals surface area contributed by atoms with Gasteiger partial charge in [0.1, 0.15) is 0 Å². The molecule has 0 aliphatic carbocycles. The van der Waals surface area contributed by atoms with E-state index >= 15 is 0 Å². The van der Waals surface area contributed by atoms with Gasteiger partial charge in [0.2, 0.25) is 0 Å². The third-order valence-corrected chi connectivity index (χ3v) is 5.05. The Morgan fingerprint density at radius 1 is 1.39 bits per heavy atom. The van der Waals surface area contributed by atoms with Crippen LogP contribution in [0.5, 0.6) is 0 Å². The maximum Gasteiger partial charge on any atom is 0.183 e. The Bertz CT molecular complexity index is 531. The monoisotopic (exact) mass is 433 g/mol. The third kappa shape index (κ3) is 3.31. The van der Waals surface area contributed by atoms with Crippen LogP contribution in [0.4, 0.5) is 10.1 Å². The van der Waals surface area contributed by atoms with Crippen molar-refractivity contribution in [2.75, 3.05) is 6.26 Å². The van der Waals surface area contributed by atoms with Crippen LogP contribution in [0.3, 0.4) is 0 Å². The molecule has 1 rings (SSSR count). The van der Waals surface area contributed by atoms with Crippen LogP contribution < -0.4 is 5.32 Å². The second-order valence-electron chi connectivity index (χ2n) is 2.78. The van der Waals surface area contributed by atoms with Gasteiger partial charge < -0.3 is 0 Å². The zero-order chi connectivity index (χ0) is 13.9. The highest BCUT2D eigenvalue weighted by molar-refractivity contribution is 9.11. The number of benzene rings is 1. The summed E-state index contributed by atoms with van der Waals surface area (Å²) in [7, 11) is 0. The van der Waals surface area contributed by atoms with E-state index in [9.17, 15) is 4.39 Å². The number of amidine groups is 1. The van der Waals surface area contributed by atoms with E-state index in [1.54, 1.807) is 12.4 Å². The first-order valence-electron chi connectivity index (χ1n) is 4.23. The zero-order valence-corrected chi connectivity index (χ0v) is 14.2. The van der Waals surface area contributed by atoms with E-state index < -0.39 is 5.82 Å². The summed E-state index contributed by atoms with van der Waals surface area (Å²) < 4.78 is 14.1. The molecular weight excluding hydrogens is 432 g/mol. The van der Waals surface area contributed by atoms with Crippen molar-refractivity contribution in [3.63, 3.8) is 0 Å². The maximum atomic E-state index is 13.6. The SMILES string of the molecule is CSC(=Nc1c(Br)c(Cl)c(F)c(Cl)c1Br)NC#N. The van der Waals surface area contributed by atoms with E-state index in [1.807, 2.05) is 0 Å². The van der Waals surface area contributed by atoms with E-state index in [4.69, 9.17) is 28.5 Å². The van der Waals surface area contributed by atoms with Crippen LogP contribution in [0.1, 0.15) is 0 Å². The minimum Gasteiger partial charge on any atom is -0.271 e. The highest BCUT2D eigenvalue weighted by Gasteiger charge is 2.20. The van der Waals surface area contributed by atoms with Crippen molar-refractivity contribution in [1.29, 1.82) is 5.26 Å². The maximum absolute atomic E-state index is 13.6. The first-order chi connectivity index (χ1) is 8.43. The van der Waals surface area contributed by atoms with E-state index in [0.717, 1.165) is 0 Å². The second kappa shape index (κ2) is 6.96. The Balaban J connectivity index is 3.47. The molecular formula is C9H4Br2Cl2FN3S. The predicted molar refractivity (Wildman–Crippen MR) is 81.2 cm³/mol. The topological polar surface area (TPSA) is 48.2 Å². The molecule has 0 amide bonds. The van der Waals surface area contributed by atoms with Gasteiger partial charge in [-0.25, -0.2) is 9.38 Å². The average Bonchev–Trinajstić information content (AvgIpc) is 2.37. The van der Waals surface area contributed by atoms with Crippen LogP contribution in [0.2, 0.25) is 10.0 Å². The van der Waals surface area contributed by atoms with Crippen molar-refractivity contribution >= 4 is 77.7 Å². The standard InChI is InChI=1S/C9H4Br2Cl2FN3S/c1-18-9(16-2-15)17-8-3(10)5(12)7(14)6(13)4(8)11/h1H3,(H,16,17). The Labute approximate surface area is 134 Å². The lowest BCUT2D eigenvalue weighted by molar-refractivity contribution is 0.627. The lowest BCUT2D eigenvalue weighted by atomic mass is 10.3. The van der Waals surface area contributed by atoms with E-state index in [-0.39, 0.29) is 19.0 Å². The normalized spacial score (nSPS) is 11.3. The number of nitrogens with zero attached hydrogens (tertiary/aromatic N) is 2. The molecule has 3 nitrogen and oxygen atoms in total. The molecule has 0 radical (unpaired) electrons. The number of nitrogens with one attached hydrogen (secondary N) is 1. The lowest BCUT2D eigenvalue weighted by Gasteiger charge is -2.09. The first-order valence-corrected chi connectivity index (χ1v) is 7.79. The molecule has 0 unspecified atom stereocenters. The fraction of sp³-hybridized carbons (Fsp3) is 0.111. The Kier molecular flexibility index (Phi) is 6.21. The van der Waals surface area contributed by atoms with Gasteiger partial charge in [-0.05, 0) is 38.1 Å². The molecule has 96 valence electrons. The highest BCUT2D eigenvalue weighted by Crippen LogP contribution is 2.45. The summed E-state index contributed by atoms with van der Waals surface area (Å²) in [6.07, 6.45) is 3.48. The Morgan fingerprint density at radius 3 is 2.28 bits per heavy atom.